The maximum absolute atomic E-state index is 12.9. The maximum atomic E-state index is 12.9. The third-order valence-electron chi connectivity index (χ3n) is 8.55. The molecule has 0 unspecified atom stereocenters. The summed E-state index contributed by atoms with van der Waals surface area (Å²) in [6, 6.07) is 11.5. The van der Waals surface area contributed by atoms with E-state index in [0.717, 1.165) is 37.0 Å². The normalized spacial score (nSPS) is 29.9. The third-order valence-corrected chi connectivity index (χ3v) is 8.55. The number of hydrogen-bond acceptors (Lipinski definition) is 3. The van der Waals surface area contributed by atoms with Gasteiger partial charge in [-0.25, -0.2) is 0 Å². The molecule has 6 rings (SSSR count). The van der Waals surface area contributed by atoms with Gasteiger partial charge in [0.25, 0.3) is 0 Å². The average molecular weight is 466 g/mol. The van der Waals surface area contributed by atoms with Crippen LogP contribution in [0.3, 0.4) is 0 Å². The second-order valence-corrected chi connectivity index (χ2v) is 10.3. The summed E-state index contributed by atoms with van der Waals surface area (Å²) in [5, 5.41) is 19.9. The Morgan fingerprint density at radius 3 is 2.68 bits per heavy atom. The first-order chi connectivity index (χ1) is 16.1. The predicted octanol–water partition coefficient (Wildman–Crippen LogP) is 6.01. The van der Waals surface area contributed by atoms with Crippen LogP contribution in [0.5, 0.6) is 0 Å². The van der Waals surface area contributed by atoms with Gasteiger partial charge in [-0.1, -0.05) is 42.1 Å². The van der Waals surface area contributed by atoms with Crippen LogP contribution < -0.4 is 0 Å². The van der Waals surface area contributed by atoms with E-state index >= 15 is 0 Å². The van der Waals surface area contributed by atoms with E-state index < -0.39 is 17.3 Å². The number of benzene rings is 2. The lowest BCUT2D eigenvalue weighted by Crippen LogP contribution is -2.39. The first-order valence-electron chi connectivity index (χ1n) is 11.7. The van der Waals surface area contributed by atoms with Crippen molar-refractivity contribution in [3.63, 3.8) is 0 Å². The Bertz CT molecular complexity index is 1300. The Balaban J connectivity index is 1.36. The molecule has 4 atom stereocenters. The molecule has 4 nitrogen and oxygen atoms in total. The van der Waals surface area contributed by atoms with Crippen LogP contribution in [0.4, 0.5) is 13.2 Å². The smallest absolute Gasteiger partial charge is 0.386 e. The molecule has 3 aliphatic carbocycles. The standard InChI is InChI=1S/C27H26F3N3O/c1-16-4-3-5-20-21-10-11-26(34)15-25(21,12-17(26)2)22(24(16)20)13-33-14-23(31-32-33)18-6-8-19(9-7-18)27(28,29)30/h3-9,14,21-22,34H,2,10-13,15H2,1H3/t21-,22-,25-,26-/m0/s1. The maximum Gasteiger partial charge on any atom is 0.416 e. The number of hydrogen-bond donors (Lipinski definition) is 1. The van der Waals surface area contributed by atoms with Crippen molar-refractivity contribution >= 4 is 0 Å². The molecule has 0 saturated heterocycles. The molecule has 2 aromatic carbocycles. The lowest BCUT2D eigenvalue weighted by molar-refractivity contribution is -0.137. The van der Waals surface area contributed by atoms with Gasteiger partial charge in [-0.3, -0.25) is 4.68 Å². The molecular formula is C27H26F3N3O. The number of aromatic nitrogens is 3. The van der Waals surface area contributed by atoms with E-state index in [-0.39, 0.29) is 11.3 Å². The summed E-state index contributed by atoms with van der Waals surface area (Å²) >= 11 is 0. The van der Waals surface area contributed by atoms with Crippen molar-refractivity contribution in [1.82, 2.24) is 15.0 Å². The molecule has 0 radical (unpaired) electrons. The van der Waals surface area contributed by atoms with E-state index in [2.05, 4.69) is 42.0 Å². The minimum absolute atomic E-state index is 0.0982. The lowest BCUT2D eigenvalue weighted by atomic mass is 9.63. The quantitative estimate of drug-likeness (QED) is 0.482. The van der Waals surface area contributed by atoms with Crippen LogP contribution in [-0.2, 0) is 12.7 Å². The van der Waals surface area contributed by atoms with Crippen molar-refractivity contribution < 1.29 is 18.3 Å². The first kappa shape index (κ1) is 21.6. The van der Waals surface area contributed by atoms with Gasteiger partial charge in [0, 0.05) is 11.5 Å². The highest BCUT2D eigenvalue weighted by molar-refractivity contribution is 5.58. The zero-order valence-electron chi connectivity index (χ0n) is 18.9. The average Bonchev–Trinajstić information content (AvgIpc) is 3.41. The molecule has 176 valence electrons. The summed E-state index contributed by atoms with van der Waals surface area (Å²) in [6.45, 7) is 7.00. The topological polar surface area (TPSA) is 50.9 Å². The molecule has 3 aliphatic rings. The number of alkyl halides is 3. The fourth-order valence-corrected chi connectivity index (χ4v) is 7.01. The fraction of sp³-hybridized carbons (Fsp3) is 0.407. The molecule has 1 N–H and O–H groups in total. The molecular weight excluding hydrogens is 439 g/mol. The molecule has 2 bridgehead atoms. The highest BCUT2D eigenvalue weighted by atomic mass is 19.4. The van der Waals surface area contributed by atoms with Gasteiger partial charge in [-0.15, -0.1) is 5.10 Å². The molecule has 1 heterocycles. The molecule has 3 aromatic rings. The van der Waals surface area contributed by atoms with Gasteiger partial charge < -0.3 is 5.11 Å². The van der Waals surface area contributed by atoms with Crippen LogP contribution in [0.1, 0.15) is 59.8 Å². The van der Waals surface area contributed by atoms with Gasteiger partial charge in [0.05, 0.1) is 23.9 Å². The van der Waals surface area contributed by atoms with Gasteiger partial charge in [0.2, 0.25) is 0 Å². The molecule has 2 saturated carbocycles. The predicted molar refractivity (Wildman–Crippen MR) is 122 cm³/mol. The van der Waals surface area contributed by atoms with Crippen LogP contribution in [0.15, 0.2) is 60.8 Å². The van der Waals surface area contributed by atoms with Crippen LogP contribution >= 0.6 is 0 Å². The zero-order valence-corrected chi connectivity index (χ0v) is 18.9. The van der Waals surface area contributed by atoms with E-state index in [1.54, 1.807) is 4.68 Å². The number of aliphatic hydroxyl groups is 1. The molecule has 2 fully saturated rings. The van der Waals surface area contributed by atoms with Crippen molar-refractivity contribution in [1.29, 1.82) is 0 Å². The van der Waals surface area contributed by atoms with E-state index in [1.165, 1.54) is 28.8 Å². The Labute approximate surface area is 196 Å². The minimum atomic E-state index is -4.37. The van der Waals surface area contributed by atoms with E-state index in [9.17, 15) is 18.3 Å². The Morgan fingerprint density at radius 2 is 1.94 bits per heavy atom. The third kappa shape index (κ3) is 3.02. The molecule has 0 amide bonds. The number of aryl methyl sites for hydroxylation is 1. The zero-order chi connectivity index (χ0) is 23.9. The summed E-state index contributed by atoms with van der Waals surface area (Å²) in [5.41, 5.74) is 4.48. The second-order valence-electron chi connectivity index (χ2n) is 10.3. The molecule has 1 spiro atoms. The summed E-state index contributed by atoms with van der Waals surface area (Å²) in [5.74, 6) is 0.534. The first-order valence-corrected chi connectivity index (χ1v) is 11.7. The van der Waals surface area contributed by atoms with Crippen LogP contribution in [-0.4, -0.2) is 25.7 Å². The Morgan fingerprint density at radius 1 is 1.18 bits per heavy atom. The van der Waals surface area contributed by atoms with Crippen LogP contribution in [0, 0.1) is 12.3 Å². The summed E-state index contributed by atoms with van der Waals surface area (Å²) in [6.07, 6.45) is 0.642. The van der Waals surface area contributed by atoms with Crippen molar-refractivity contribution in [2.75, 3.05) is 0 Å². The monoisotopic (exact) mass is 465 g/mol. The van der Waals surface area contributed by atoms with Crippen molar-refractivity contribution in [3.05, 3.63) is 83.1 Å². The van der Waals surface area contributed by atoms with Crippen molar-refractivity contribution in [2.45, 2.75) is 62.8 Å². The minimum Gasteiger partial charge on any atom is -0.386 e. The van der Waals surface area contributed by atoms with Crippen molar-refractivity contribution in [3.8, 4) is 11.3 Å². The van der Waals surface area contributed by atoms with Gasteiger partial charge in [0.15, 0.2) is 0 Å². The molecule has 7 heteroatoms. The number of halogens is 3. The Hall–Kier alpha value is -2.93. The van der Waals surface area contributed by atoms with Gasteiger partial charge in [-0.2, -0.15) is 13.2 Å². The molecule has 1 aromatic heterocycles. The number of rotatable bonds is 3. The van der Waals surface area contributed by atoms with Crippen LogP contribution in [0.2, 0.25) is 0 Å². The summed E-state index contributed by atoms with van der Waals surface area (Å²) in [4.78, 5) is 0. The van der Waals surface area contributed by atoms with Gasteiger partial charge in [-0.05, 0) is 78.3 Å². The molecule has 0 aliphatic heterocycles. The summed E-state index contributed by atoms with van der Waals surface area (Å²) in [7, 11) is 0. The van der Waals surface area contributed by atoms with E-state index in [0.29, 0.717) is 30.1 Å². The van der Waals surface area contributed by atoms with E-state index in [1.807, 2.05) is 6.20 Å². The second kappa shape index (κ2) is 7.04. The summed E-state index contributed by atoms with van der Waals surface area (Å²) < 4.78 is 40.5. The number of nitrogens with zero attached hydrogens (tertiary/aromatic N) is 3. The fourth-order valence-electron chi connectivity index (χ4n) is 7.01. The highest BCUT2D eigenvalue weighted by Gasteiger charge is 2.64. The van der Waals surface area contributed by atoms with Gasteiger partial charge >= 0.3 is 6.18 Å². The van der Waals surface area contributed by atoms with E-state index in [4.69, 9.17) is 0 Å². The molecule has 34 heavy (non-hydrogen) atoms. The lowest BCUT2D eigenvalue weighted by Gasteiger charge is -2.42. The SMILES string of the molecule is C=C1C[C@]23C[C@@]1(O)CC[C@H]2c1cccc(C)c1[C@@H]3Cn1cc(-c2ccc(C(F)(F)F)cc2)nn1. The van der Waals surface area contributed by atoms with Crippen LogP contribution in [0.25, 0.3) is 11.3 Å². The highest BCUT2D eigenvalue weighted by Crippen LogP contribution is 2.71. The van der Waals surface area contributed by atoms with Crippen molar-refractivity contribution in [2.24, 2.45) is 5.41 Å². The Kier molecular flexibility index (Phi) is 4.47. The largest absolute Gasteiger partial charge is 0.416 e. The number of fused-ring (bicyclic) bond motifs is 3. The van der Waals surface area contributed by atoms with Gasteiger partial charge in [0.1, 0.15) is 5.69 Å².